The van der Waals surface area contributed by atoms with Gasteiger partial charge in [-0.15, -0.1) is 0 Å². The molecule has 1 N–H and O–H groups in total. The van der Waals surface area contributed by atoms with E-state index in [1.165, 1.54) is 35.7 Å². The Morgan fingerprint density at radius 1 is 1.50 bits per heavy atom. The zero-order chi connectivity index (χ0) is 13.2. The Labute approximate surface area is 123 Å². The van der Waals surface area contributed by atoms with Crippen molar-refractivity contribution in [1.82, 2.24) is 5.32 Å². The standard InChI is InChI=1S/C15H24BrNS/c1-4-8-17-14(11-9-18-10-13(11)16)12-6-5-7-15(12,2)3/h9-10,12,14,17H,4-8H2,1-3H3. The average Bonchev–Trinajstić information content (AvgIpc) is 2.87. The summed E-state index contributed by atoms with van der Waals surface area (Å²) < 4.78 is 1.28. The van der Waals surface area contributed by atoms with Gasteiger partial charge < -0.3 is 5.32 Å². The van der Waals surface area contributed by atoms with Crippen LogP contribution < -0.4 is 5.32 Å². The van der Waals surface area contributed by atoms with Crippen LogP contribution >= 0.6 is 27.3 Å². The fourth-order valence-electron chi connectivity index (χ4n) is 3.25. The number of hydrogen-bond donors (Lipinski definition) is 1. The first-order valence-electron chi connectivity index (χ1n) is 7.01. The largest absolute Gasteiger partial charge is 0.310 e. The molecule has 1 nitrogen and oxygen atoms in total. The van der Waals surface area contributed by atoms with Gasteiger partial charge >= 0.3 is 0 Å². The van der Waals surface area contributed by atoms with Gasteiger partial charge in [0.1, 0.15) is 0 Å². The Morgan fingerprint density at radius 2 is 2.28 bits per heavy atom. The lowest BCUT2D eigenvalue weighted by Crippen LogP contribution is -2.34. The number of rotatable bonds is 5. The van der Waals surface area contributed by atoms with E-state index in [1.54, 1.807) is 11.3 Å². The topological polar surface area (TPSA) is 12.0 Å². The molecule has 1 aromatic rings. The van der Waals surface area contributed by atoms with Gasteiger partial charge in [0.05, 0.1) is 0 Å². The summed E-state index contributed by atoms with van der Waals surface area (Å²) in [5, 5.41) is 8.30. The molecule has 1 heterocycles. The monoisotopic (exact) mass is 329 g/mol. The first kappa shape index (κ1) is 14.5. The van der Waals surface area contributed by atoms with Crippen LogP contribution in [0.3, 0.4) is 0 Å². The molecule has 2 rings (SSSR count). The van der Waals surface area contributed by atoms with E-state index < -0.39 is 0 Å². The van der Waals surface area contributed by atoms with Gasteiger partial charge in [-0.2, -0.15) is 11.3 Å². The maximum atomic E-state index is 3.79. The van der Waals surface area contributed by atoms with E-state index in [1.807, 2.05) is 0 Å². The van der Waals surface area contributed by atoms with Crippen molar-refractivity contribution >= 4 is 27.3 Å². The number of thiophene rings is 1. The van der Waals surface area contributed by atoms with Gasteiger partial charge in [-0.1, -0.05) is 27.2 Å². The summed E-state index contributed by atoms with van der Waals surface area (Å²) >= 11 is 5.51. The normalized spacial score (nSPS) is 24.3. The summed E-state index contributed by atoms with van der Waals surface area (Å²) in [6.45, 7) is 8.23. The van der Waals surface area contributed by atoms with E-state index in [0.29, 0.717) is 11.5 Å². The van der Waals surface area contributed by atoms with Crippen molar-refractivity contribution < 1.29 is 0 Å². The maximum Gasteiger partial charge on any atom is 0.0373 e. The molecule has 0 amide bonds. The van der Waals surface area contributed by atoms with Gasteiger partial charge in [0.25, 0.3) is 0 Å². The van der Waals surface area contributed by atoms with E-state index >= 15 is 0 Å². The summed E-state index contributed by atoms with van der Waals surface area (Å²) in [5.74, 6) is 0.759. The molecule has 18 heavy (non-hydrogen) atoms. The Bertz CT molecular complexity index is 386. The van der Waals surface area contributed by atoms with E-state index in [4.69, 9.17) is 0 Å². The second-order valence-corrected chi connectivity index (χ2v) is 7.69. The van der Waals surface area contributed by atoms with Gasteiger partial charge in [0, 0.05) is 15.9 Å². The SMILES string of the molecule is CCCNC(c1cscc1Br)C1CCCC1(C)C. The quantitative estimate of drug-likeness (QED) is 0.764. The zero-order valence-electron chi connectivity index (χ0n) is 11.6. The number of halogens is 1. The van der Waals surface area contributed by atoms with Gasteiger partial charge in [0.15, 0.2) is 0 Å². The molecule has 2 atom stereocenters. The highest BCUT2D eigenvalue weighted by Gasteiger charge is 2.40. The summed E-state index contributed by atoms with van der Waals surface area (Å²) in [5.41, 5.74) is 1.93. The third-order valence-electron chi connectivity index (χ3n) is 4.33. The van der Waals surface area contributed by atoms with E-state index in [0.717, 1.165) is 12.5 Å². The van der Waals surface area contributed by atoms with Crippen molar-refractivity contribution in [3.63, 3.8) is 0 Å². The molecule has 1 aliphatic carbocycles. The summed E-state index contributed by atoms with van der Waals surface area (Å²) in [6, 6.07) is 0.517. The average molecular weight is 330 g/mol. The molecule has 0 aromatic carbocycles. The second kappa shape index (κ2) is 6.06. The van der Waals surface area contributed by atoms with Crippen molar-refractivity contribution in [2.75, 3.05) is 6.54 Å². The Kier molecular flexibility index (Phi) is 4.90. The van der Waals surface area contributed by atoms with Gasteiger partial charge in [-0.25, -0.2) is 0 Å². The molecule has 0 saturated heterocycles. The molecule has 2 unspecified atom stereocenters. The van der Waals surface area contributed by atoms with E-state index in [2.05, 4.69) is 52.8 Å². The van der Waals surface area contributed by atoms with Crippen LogP contribution in [0.25, 0.3) is 0 Å². The molecule has 1 fully saturated rings. The van der Waals surface area contributed by atoms with E-state index in [9.17, 15) is 0 Å². The van der Waals surface area contributed by atoms with Crippen LogP contribution in [-0.4, -0.2) is 6.54 Å². The van der Waals surface area contributed by atoms with Gasteiger partial charge in [-0.3, -0.25) is 0 Å². The minimum Gasteiger partial charge on any atom is -0.310 e. The van der Waals surface area contributed by atoms with Crippen LogP contribution in [0.5, 0.6) is 0 Å². The predicted molar refractivity (Wildman–Crippen MR) is 84.2 cm³/mol. The first-order chi connectivity index (χ1) is 8.56. The van der Waals surface area contributed by atoms with Crippen LogP contribution in [0.4, 0.5) is 0 Å². The third kappa shape index (κ3) is 3.00. The number of nitrogens with one attached hydrogen (secondary N) is 1. The Balaban J connectivity index is 2.23. The molecule has 0 aliphatic heterocycles. The fraction of sp³-hybridized carbons (Fsp3) is 0.733. The summed E-state index contributed by atoms with van der Waals surface area (Å²) in [7, 11) is 0. The first-order valence-corrected chi connectivity index (χ1v) is 8.75. The highest BCUT2D eigenvalue weighted by molar-refractivity contribution is 9.10. The number of hydrogen-bond acceptors (Lipinski definition) is 2. The van der Waals surface area contributed by atoms with Crippen molar-refractivity contribution in [3.05, 3.63) is 20.8 Å². The Hall–Kier alpha value is 0.140. The minimum atomic E-state index is 0.465. The molecule has 1 aromatic heterocycles. The zero-order valence-corrected chi connectivity index (χ0v) is 14.0. The molecule has 3 heteroatoms. The molecular weight excluding hydrogens is 306 g/mol. The fourth-order valence-corrected chi connectivity index (χ4v) is 4.83. The molecular formula is C15H24BrNS. The predicted octanol–water partition coefficient (Wildman–Crippen LogP) is 5.38. The molecule has 1 saturated carbocycles. The molecule has 0 radical (unpaired) electrons. The van der Waals surface area contributed by atoms with Crippen molar-refractivity contribution in [3.8, 4) is 0 Å². The van der Waals surface area contributed by atoms with Crippen LogP contribution in [0.1, 0.15) is 58.1 Å². The van der Waals surface area contributed by atoms with Gasteiger partial charge in [-0.05, 0) is 64.0 Å². The third-order valence-corrected chi connectivity index (χ3v) is 6.09. The maximum absolute atomic E-state index is 3.79. The van der Waals surface area contributed by atoms with Crippen molar-refractivity contribution in [2.45, 2.75) is 52.5 Å². The van der Waals surface area contributed by atoms with Crippen molar-refractivity contribution in [2.24, 2.45) is 11.3 Å². The molecule has 0 bridgehead atoms. The van der Waals surface area contributed by atoms with E-state index in [-0.39, 0.29) is 0 Å². The lowest BCUT2D eigenvalue weighted by atomic mass is 9.76. The summed E-state index contributed by atoms with van der Waals surface area (Å²) in [6.07, 6.45) is 5.30. The minimum absolute atomic E-state index is 0.465. The second-order valence-electron chi connectivity index (χ2n) is 6.09. The molecule has 1 aliphatic rings. The van der Waals surface area contributed by atoms with Gasteiger partial charge in [0.2, 0.25) is 0 Å². The Morgan fingerprint density at radius 3 is 2.78 bits per heavy atom. The summed E-state index contributed by atoms with van der Waals surface area (Å²) in [4.78, 5) is 0. The van der Waals surface area contributed by atoms with Crippen LogP contribution in [-0.2, 0) is 0 Å². The lowest BCUT2D eigenvalue weighted by Gasteiger charge is -2.35. The lowest BCUT2D eigenvalue weighted by molar-refractivity contribution is 0.197. The highest BCUT2D eigenvalue weighted by Crippen LogP contribution is 2.50. The molecule has 102 valence electrons. The smallest absolute Gasteiger partial charge is 0.0373 e. The van der Waals surface area contributed by atoms with Crippen LogP contribution in [0, 0.1) is 11.3 Å². The molecule has 0 spiro atoms. The van der Waals surface area contributed by atoms with Crippen LogP contribution in [0.2, 0.25) is 0 Å². The highest BCUT2D eigenvalue weighted by atomic mass is 79.9. The van der Waals surface area contributed by atoms with Crippen molar-refractivity contribution in [1.29, 1.82) is 0 Å². The van der Waals surface area contributed by atoms with Crippen LogP contribution in [0.15, 0.2) is 15.2 Å².